The molecule has 0 amide bonds. The van der Waals surface area contributed by atoms with E-state index in [1.807, 2.05) is 45.2 Å². The summed E-state index contributed by atoms with van der Waals surface area (Å²) in [5.41, 5.74) is 8.50. The van der Waals surface area contributed by atoms with Gasteiger partial charge < -0.3 is 5.11 Å². The van der Waals surface area contributed by atoms with E-state index in [1.165, 1.54) is 61.2 Å². The first-order valence-electron chi connectivity index (χ1n) is 17.1. The van der Waals surface area contributed by atoms with Crippen molar-refractivity contribution in [1.82, 2.24) is 4.98 Å². The molecule has 1 aliphatic rings. The fourth-order valence-electron chi connectivity index (χ4n) is 7.00. The molecule has 0 saturated heterocycles. The molecule has 0 spiro atoms. The van der Waals surface area contributed by atoms with E-state index < -0.39 is 0 Å². The number of hydrogen-bond donors (Lipinski definition) is 1. The molecule has 1 radical (unpaired) electrons. The van der Waals surface area contributed by atoms with Gasteiger partial charge in [-0.1, -0.05) is 105 Å². The van der Waals surface area contributed by atoms with Gasteiger partial charge in [0.25, 0.3) is 0 Å². The van der Waals surface area contributed by atoms with Crippen LogP contribution >= 0.6 is 11.3 Å². The molecule has 2 heterocycles. The number of allylic oxidation sites excluding steroid dienone is 2. The maximum atomic E-state index is 11.0. The van der Waals surface area contributed by atoms with Crippen molar-refractivity contribution in [2.45, 2.75) is 112 Å². The zero-order valence-corrected chi connectivity index (χ0v) is 34.0. The van der Waals surface area contributed by atoms with E-state index in [-0.39, 0.29) is 59.7 Å². The Kier molecular flexibility index (Phi) is 10.9. The van der Waals surface area contributed by atoms with Crippen LogP contribution in [0.5, 0.6) is 0 Å². The zero-order valence-electron chi connectivity index (χ0n) is 30.8. The molecule has 1 N–H and O–H groups in total. The van der Waals surface area contributed by atoms with Crippen LogP contribution in [-0.2, 0) is 41.1 Å². The first kappa shape index (κ1) is 38.0. The summed E-state index contributed by atoms with van der Waals surface area (Å²) in [7, 11) is 0. The number of carbonyl (C=O) groups excluding carboxylic acids is 1. The maximum Gasteiger partial charge on any atom is 0.161 e. The summed E-state index contributed by atoms with van der Waals surface area (Å²) >= 11 is 1.91. The Bertz CT molecular complexity index is 2020. The fourth-order valence-corrected chi connectivity index (χ4v) is 8.30. The van der Waals surface area contributed by atoms with Gasteiger partial charge in [-0.15, -0.1) is 40.5 Å². The summed E-state index contributed by atoms with van der Waals surface area (Å²) in [4.78, 5) is 16.0. The molecule has 0 unspecified atom stereocenters. The second kappa shape index (κ2) is 13.8. The molecular formula is C43H52IrNO2S-. The van der Waals surface area contributed by atoms with Crippen molar-refractivity contribution in [2.75, 3.05) is 0 Å². The quantitative estimate of drug-likeness (QED) is 0.111. The number of rotatable bonds is 4. The Morgan fingerprint density at radius 2 is 1.60 bits per heavy atom. The number of aliphatic hydroxyl groups excluding tert-OH is 1. The molecule has 0 atom stereocenters. The predicted molar refractivity (Wildman–Crippen MR) is 203 cm³/mol. The number of ketones is 1. The van der Waals surface area contributed by atoms with Gasteiger partial charge in [0, 0.05) is 64.7 Å². The van der Waals surface area contributed by atoms with Crippen molar-refractivity contribution in [1.29, 1.82) is 0 Å². The molecule has 2 aromatic heterocycles. The molecule has 6 rings (SSSR count). The van der Waals surface area contributed by atoms with Crippen LogP contribution in [0.1, 0.15) is 111 Å². The van der Waals surface area contributed by atoms with Crippen molar-refractivity contribution in [3.05, 3.63) is 88.8 Å². The molecule has 0 aliphatic heterocycles. The molecule has 0 fully saturated rings. The second-order valence-electron chi connectivity index (χ2n) is 16.4. The molecule has 5 aromatic rings. The molecule has 0 bridgehead atoms. The van der Waals surface area contributed by atoms with Crippen molar-refractivity contribution in [3.8, 4) is 11.3 Å². The average molecular weight is 839 g/mol. The normalized spacial score (nSPS) is 15.8. The Labute approximate surface area is 305 Å². The number of hydrogen-bond acceptors (Lipinski definition) is 4. The number of nitrogens with zero attached hydrogens (tertiary/aromatic N) is 1. The third kappa shape index (κ3) is 7.20. The molecule has 3 aromatic carbocycles. The first-order valence-corrected chi connectivity index (χ1v) is 17.9. The molecule has 1 aliphatic carbocycles. The van der Waals surface area contributed by atoms with Gasteiger partial charge in [-0.2, -0.15) is 0 Å². The number of aliphatic hydroxyl groups is 1. The number of fused-ring (bicyclic) bond motifs is 5. The predicted octanol–water partition coefficient (Wildman–Crippen LogP) is 12.3. The fraction of sp³-hybridized carbons (Fsp3) is 0.442. The number of carbonyl (C=O) groups is 1. The molecule has 3 nitrogen and oxygen atoms in total. The van der Waals surface area contributed by atoms with Crippen molar-refractivity contribution in [3.63, 3.8) is 0 Å². The van der Waals surface area contributed by atoms with Gasteiger partial charge in [0.2, 0.25) is 0 Å². The van der Waals surface area contributed by atoms with Crippen molar-refractivity contribution in [2.24, 2.45) is 11.8 Å². The van der Waals surface area contributed by atoms with Crippen molar-refractivity contribution >= 4 is 48.1 Å². The zero-order chi connectivity index (χ0) is 34.6. The smallest absolute Gasteiger partial charge is 0.161 e. The minimum absolute atomic E-state index is 0. The van der Waals surface area contributed by atoms with E-state index >= 15 is 0 Å². The first-order chi connectivity index (χ1) is 21.8. The SMILES string of the molecule is CC(C)C(=O)/C=C(\O)C(C)C.Cc1c2c(cc3sc4c(-c5[c-]c6ccccc6c(C(C)(C)C)c5)nccc4c13)C(C)(C)CCC2(C)C.[Ir]. The van der Waals surface area contributed by atoms with Gasteiger partial charge in [0.05, 0.1) is 5.76 Å². The largest absolute Gasteiger partial charge is 0.512 e. The molecular weight excluding hydrogens is 787 g/mol. The van der Waals surface area contributed by atoms with Gasteiger partial charge in [0.15, 0.2) is 5.78 Å². The number of thiophene rings is 1. The Morgan fingerprint density at radius 3 is 2.23 bits per heavy atom. The second-order valence-corrected chi connectivity index (χ2v) is 17.4. The van der Waals surface area contributed by atoms with Crippen LogP contribution in [0.2, 0.25) is 0 Å². The van der Waals surface area contributed by atoms with Crippen LogP contribution in [-0.4, -0.2) is 15.9 Å². The number of aryl methyl sites for hydroxylation is 1. The monoisotopic (exact) mass is 839 g/mol. The van der Waals surface area contributed by atoms with E-state index in [1.54, 1.807) is 5.56 Å². The Balaban J connectivity index is 0.000000376. The minimum Gasteiger partial charge on any atom is -0.512 e. The molecule has 48 heavy (non-hydrogen) atoms. The van der Waals surface area contributed by atoms with Gasteiger partial charge in [-0.25, -0.2) is 0 Å². The topological polar surface area (TPSA) is 50.2 Å². The van der Waals surface area contributed by atoms with E-state index in [0.29, 0.717) is 0 Å². The van der Waals surface area contributed by atoms with E-state index in [9.17, 15) is 9.90 Å². The van der Waals surface area contributed by atoms with Crippen LogP contribution in [0.3, 0.4) is 0 Å². The summed E-state index contributed by atoms with van der Waals surface area (Å²) in [5.74, 6) is 0.161. The van der Waals surface area contributed by atoms with Gasteiger partial charge >= 0.3 is 0 Å². The molecule has 0 saturated carbocycles. The van der Waals surface area contributed by atoms with E-state index in [0.717, 1.165) is 16.6 Å². The van der Waals surface area contributed by atoms with Crippen LogP contribution in [0, 0.1) is 24.8 Å². The van der Waals surface area contributed by atoms with Gasteiger partial charge in [0.1, 0.15) is 0 Å². The standard InChI is InChI=1S/C34H36NS.C9H16O2.Ir/c1-20-28-24-13-16-35-30(22-17-21-11-9-10-12-23(21)25(18-22)32(2,3)4)31(24)36-27(28)19-26-29(20)34(7,8)15-14-33(26,5)6;1-6(2)8(10)5-9(11)7(3)4;/h9-13,16,18-19H,14-15H2,1-8H3;5-7,10H,1-4H3;/q-1;;/b;8-5-;. The number of benzene rings is 3. The third-order valence-corrected chi connectivity index (χ3v) is 11.2. The van der Waals surface area contributed by atoms with E-state index in [4.69, 9.17) is 4.98 Å². The molecule has 5 heteroatoms. The summed E-state index contributed by atoms with van der Waals surface area (Å²) < 4.78 is 2.66. The van der Waals surface area contributed by atoms with Gasteiger partial charge in [-0.3, -0.25) is 9.78 Å². The summed E-state index contributed by atoms with van der Waals surface area (Å²) in [6.07, 6.45) is 5.78. The maximum absolute atomic E-state index is 11.0. The van der Waals surface area contributed by atoms with E-state index in [2.05, 4.69) is 104 Å². The van der Waals surface area contributed by atoms with Crippen LogP contribution in [0.25, 0.3) is 42.2 Å². The summed E-state index contributed by atoms with van der Waals surface area (Å²) in [6.45, 7) is 26.3. The summed E-state index contributed by atoms with van der Waals surface area (Å²) in [6, 6.07) is 19.4. The average Bonchev–Trinajstić information content (AvgIpc) is 3.38. The Morgan fingerprint density at radius 1 is 0.958 bits per heavy atom. The van der Waals surface area contributed by atoms with Crippen molar-refractivity contribution < 1.29 is 30.0 Å². The van der Waals surface area contributed by atoms with Crippen LogP contribution in [0.4, 0.5) is 0 Å². The third-order valence-electron chi connectivity index (χ3n) is 10.00. The Hall–Kier alpha value is -2.85. The number of pyridine rings is 1. The number of aromatic nitrogens is 1. The summed E-state index contributed by atoms with van der Waals surface area (Å²) in [5, 5.41) is 14.4. The van der Waals surface area contributed by atoms with Crippen LogP contribution < -0.4 is 0 Å². The molecule has 257 valence electrons. The minimum atomic E-state index is -0.0316. The van der Waals surface area contributed by atoms with Gasteiger partial charge in [-0.05, 0) is 70.2 Å². The van der Waals surface area contributed by atoms with Crippen LogP contribution in [0.15, 0.2) is 60.5 Å².